The van der Waals surface area contributed by atoms with Crippen molar-refractivity contribution in [2.45, 2.75) is 5.92 Å². The van der Waals surface area contributed by atoms with Crippen LogP contribution in [0.2, 0.25) is 0 Å². The summed E-state index contributed by atoms with van der Waals surface area (Å²) in [6.07, 6.45) is 3.76. The van der Waals surface area contributed by atoms with Gasteiger partial charge in [0.2, 0.25) is 0 Å². The highest BCUT2D eigenvalue weighted by atomic mass is 35.5. The Labute approximate surface area is 72.4 Å². The molecule has 0 saturated carbocycles. The first kappa shape index (κ1) is 8.50. The third-order valence-corrected chi connectivity index (χ3v) is 1.94. The van der Waals surface area contributed by atoms with E-state index in [1.54, 1.807) is 0 Å². The van der Waals surface area contributed by atoms with Gasteiger partial charge in [-0.15, -0.1) is 12.4 Å². The van der Waals surface area contributed by atoms with Gasteiger partial charge in [0.1, 0.15) is 0 Å². The summed E-state index contributed by atoms with van der Waals surface area (Å²) in [4.78, 5) is 4.06. The van der Waals surface area contributed by atoms with Gasteiger partial charge in [0.05, 0.1) is 0 Å². The van der Waals surface area contributed by atoms with Crippen LogP contribution in [0.3, 0.4) is 0 Å². The third kappa shape index (κ3) is 1.70. The fourth-order valence-corrected chi connectivity index (χ4v) is 1.14. The molecule has 0 unspecified atom stereocenters. The van der Waals surface area contributed by atoms with Crippen LogP contribution in [0.4, 0.5) is 0 Å². The molecule has 1 aromatic heterocycles. The summed E-state index contributed by atoms with van der Waals surface area (Å²) in [5.41, 5.74) is 1.36. The molecule has 0 spiro atoms. The van der Waals surface area contributed by atoms with Gasteiger partial charge in [-0.05, 0) is 11.6 Å². The van der Waals surface area contributed by atoms with E-state index in [-0.39, 0.29) is 12.4 Å². The molecule has 0 aliphatic carbocycles. The molecule has 11 heavy (non-hydrogen) atoms. The van der Waals surface area contributed by atoms with Gasteiger partial charge in [-0.25, -0.2) is 0 Å². The highest BCUT2D eigenvalue weighted by molar-refractivity contribution is 5.85. The molecular formula is C8H11ClN2. The van der Waals surface area contributed by atoms with E-state index >= 15 is 0 Å². The van der Waals surface area contributed by atoms with E-state index in [9.17, 15) is 0 Å². The lowest BCUT2D eigenvalue weighted by molar-refractivity contribution is 0.447. The topological polar surface area (TPSA) is 24.9 Å². The van der Waals surface area contributed by atoms with Crippen LogP contribution >= 0.6 is 12.4 Å². The van der Waals surface area contributed by atoms with Gasteiger partial charge in [0, 0.05) is 31.4 Å². The molecule has 1 aromatic rings. The van der Waals surface area contributed by atoms with E-state index in [0.29, 0.717) is 5.92 Å². The Morgan fingerprint density at radius 1 is 1.45 bits per heavy atom. The molecule has 1 N–H and O–H groups in total. The smallest absolute Gasteiger partial charge is 0.0303 e. The quantitative estimate of drug-likeness (QED) is 0.685. The SMILES string of the molecule is Cl.c1cncc(C2CNC2)c1. The van der Waals surface area contributed by atoms with Crippen LogP contribution in [-0.4, -0.2) is 18.1 Å². The van der Waals surface area contributed by atoms with E-state index in [4.69, 9.17) is 0 Å². The van der Waals surface area contributed by atoms with Crippen LogP contribution in [0.1, 0.15) is 11.5 Å². The first-order valence-electron chi connectivity index (χ1n) is 3.57. The van der Waals surface area contributed by atoms with Crippen LogP contribution < -0.4 is 5.32 Å². The van der Waals surface area contributed by atoms with Crippen molar-refractivity contribution in [2.24, 2.45) is 0 Å². The van der Waals surface area contributed by atoms with Crippen LogP contribution in [0.5, 0.6) is 0 Å². The molecule has 1 aliphatic rings. The molecule has 3 heteroatoms. The lowest BCUT2D eigenvalue weighted by atomic mass is 9.96. The van der Waals surface area contributed by atoms with Gasteiger partial charge in [-0.1, -0.05) is 6.07 Å². The fourth-order valence-electron chi connectivity index (χ4n) is 1.14. The minimum atomic E-state index is 0. The lowest BCUT2D eigenvalue weighted by Gasteiger charge is -2.26. The monoisotopic (exact) mass is 170 g/mol. The Balaban J connectivity index is 0.000000605. The Bertz CT molecular complexity index is 209. The number of nitrogens with zero attached hydrogens (tertiary/aromatic N) is 1. The highest BCUT2D eigenvalue weighted by Gasteiger charge is 2.17. The largest absolute Gasteiger partial charge is 0.315 e. The summed E-state index contributed by atoms with van der Waals surface area (Å²) >= 11 is 0. The second-order valence-electron chi connectivity index (χ2n) is 2.64. The van der Waals surface area contributed by atoms with Gasteiger partial charge < -0.3 is 5.32 Å². The maximum absolute atomic E-state index is 4.06. The Hall–Kier alpha value is -0.600. The molecule has 0 radical (unpaired) electrons. The predicted octanol–water partition coefficient (Wildman–Crippen LogP) is 1.19. The minimum absolute atomic E-state index is 0. The molecule has 0 aromatic carbocycles. The van der Waals surface area contributed by atoms with Gasteiger partial charge in [-0.3, -0.25) is 4.98 Å². The lowest BCUT2D eigenvalue weighted by Crippen LogP contribution is -2.39. The van der Waals surface area contributed by atoms with Gasteiger partial charge in [-0.2, -0.15) is 0 Å². The third-order valence-electron chi connectivity index (χ3n) is 1.94. The van der Waals surface area contributed by atoms with E-state index in [0.717, 1.165) is 13.1 Å². The number of pyridine rings is 1. The number of rotatable bonds is 1. The first-order valence-corrected chi connectivity index (χ1v) is 3.57. The summed E-state index contributed by atoms with van der Waals surface area (Å²) in [6, 6.07) is 4.13. The van der Waals surface area contributed by atoms with Crippen LogP contribution in [0.25, 0.3) is 0 Å². The molecule has 1 aliphatic heterocycles. The molecule has 2 rings (SSSR count). The van der Waals surface area contributed by atoms with Crippen molar-refractivity contribution in [3.63, 3.8) is 0 Å². The summed E-state index contributed by atoms with van der Waals surface area (Å²) in [5.74, 6) is 0.716. The van der Waals surface area contributed by atoms with Crippen molar-refractivity contribution < 1.29 is 0 Å². The van der Waals surface area contributed by atoms with Crippen molar-refractivity contribution >= 4 is 12.4 Å². The molecule has 60 valence electrons. The van der Waals surface area contributed by atoms with Crippen molar-refractivity contribution in [3.05, 3.63) is 30.1 Å². The molecule has 2 heterocycles. The predicted molar refractivity (Wildman–Crippen MR) is 47.1 cm³/mol. The zero-order valence-electron chi connectivity index (χ0n) is 6.16. The van der Waals surface area contributed by atoms with E-state index < -0.39 is 0 Å². The average Bonchev–Trinajstić information content (AvgIpc) is 1.86. The second-order valence-corrected chi connectivity index (χ2v) is 2.64. The molecule has 0 amide bonds. The standard InChI is InChI=1S/C8H10N2.ClH/c1-2-7(4-9-3-1)8-5-10-6-8;/h1-4,8,10H,5-6H2;1H. The number of nitrogens with one attached hydrogen (secondary N) is 1. The minimum Gasteiger partial charge on any atom is -0.315 e. The summed E-state index contributed by atoms with van der Waals surface area (Å²) in [6.45, 7) is 2.23. The molecule has 1 fully saturated rings. The number of hydrogen-bond donors (Lipinski definition) is 1. The number of halogens is 1. The molecular weight excluding hydrogens is 160 g/mol. The summed E-state index contributed by atoms with van der Waals surface area (Å²) < 4.78 is 0. The molecule has 2 nitrogen and oxygen atoms in total. The molecule has 0 atom stereocenters. The highest BCUT2D eigenvalue weighted by Crippen LogP contribution is 2.17. The Kier molecular flexibility index (Phi) is 2.85. The zero-order valence-corrected chi connectivity index (χ0v) is 6.97. The Morgan fingerprint density at radius 2 is 2.27 bits per heavy atom. The van der Waals surface area contributed by atoms with Gasteiger partial charge in [0.15, 0.2) is 0 Å². The van der Waals surface area contributed by atoms with E-state index in [1.807, 2.05) is 18.5 Å². The Morgan fingerprint density at radius 3 is 2.73 bits per heavy atom. The average molecular weight is 171 g/mol. The zero-order chi connectivity index (χ0) is 6.81. The van der Waals surface area contributed by atoms with Crippen molar-refractivity contribution in [3.8, 4) is 0 Å². The maximum atomic E-state index is 4.06. The van der Waals surface area contributed by atoms with Crippen molar-refractivity contribution in [2.75, 3.05) is 13.1 Å². The van der Waals surface area contributed by atoms with Crippen molar-refractivity contribution in [1.82, 2.24) is 10.3 Å². The molecule has 0 bridgehead atoms. The van der Waals surface area contributed by atoms with Gasteiger partial charge >= 0.3 is 0 Å². The molecule has 1 saturated heterocycles. The van der Waals surface area contributed by atoms with Crippen LogP contribution in [0.15, 0.2) is 24.5 Å². The van der Waals surface area contributed by atoms with E-state index in [2.05, 4.69) is 16.4 Å². The second kappa shape index (κ2) is 3.69. The van der Waals surface area contributed by atoms with Gasteiger partial charge in [0.25, 0.3) is 0 Å². The maximum Gasteiger partial charge on any atom is 0.0303 e. The normalized spacial score (nSPS) is 16.7. The summed E-state index contributed by atoms with van der Waals surface area (Å²) in [5, 5.41) is 3.23. The fraction of sp³-hybridized carbons (Fsp3) is 0.375. The van der Waals surface area contributed by atoms with Crippen LogP contribution in [0, 0.1) is 0 Å². The first-order chi connectivity index (χ1) is 4.97. The van der Waals surface area contributed by atoms with Crippen LogP contribution in [-0.2, 0) is 0 Å². The number of hydrogen-bond acceptors (Lipinski definition) is 2. The summed E-state index contributed by atoms with van der Waals surface area (Å²) in [7, 11) is 0. The number of aromatic nitrogens is 1. The van der Waals surface area contributed by atoms with Crippen molar-refractivity contribution in [1.29, 1.82) is 0 Å². The van der Waals surface area contributed by atoms with E-state index in [1.165, 1.54) is 5.56 Å².